The third kappa shape index (κ3) is 4.20. The lowest BCUT2D eigenvalue weighted by Crippen LogP contribution is -2.29. The van der Waals surface area contributed by atoms with E-state index in [9.17, 15) is 9.59 Å². The average Bonchev–Trinajstić information content (AvgIpc) is 2.77. The van der Waals surface area contributed by atoms with Crippen molar-refractivity contribution < 1.29 is 4.79 Å². The van der Waals surface area contributed by atoms with Gasteiger partial charge in [0.2, 0.25) is 0 Å². The zero-order valence-corrected chi connectivity index (χ0v) is 17.2. The number of benzene rings is 2. The van der Waals surface area contributed by atoms with Gasteiger partial charge in [0.05, 0.1) is 34.8 Å². The Morgan fingerprint density at radius 3 is 2.60 bits per heavy atom. The summed E-state index contributed by atoms with van der Waals surface area (Å²) in [5.74, 6) is -0.376. The first kappa shape index (κ1) is 20.1. The summed E-state index contributed by atoms with van der Waals surface area (Å²) in [4.78, 5) is 29.6. The number of halogens is 2. The second-order valence-corrected chi connectivity index (χ2v) is 7.47. The first-order valence-electron chi connectivity index (χ1n) is 9.14. The smallest absolute Gasteiger partial charge is 0.274 e. The zero-order valence-electron chi connectivity index (χ0n) is 15.7. The summed E-state index contributed by atoms with van der Waals surface area (Å²) in [5.41, 5.74) is 1.49. The largest absolute Gasteiger partial charge is 0.346 e. The van der Waals surface area contributed by atoms with Gasteiger partial charge in [-0.15, -0.1) is 0 Å². The van der Waals surface area contributed by atoms with Crippen LogP contribution in [0.2, 0.25) is 10.0 Å². The molecule has 2 heterocycles. The van der Waals surface area contributed by atoms with Crippen LogP contribution in [0.5, 0.6) is 0 Å². The SMILES string of the molecule is O=C(NCc1nn(Cc2cccnc2)c(=O)c2ccccc12)c1cc(Cl)ccc1Cl. The number of nitrogens with zero attached hydrogens (tertiary/aromatic N) is 3. The zero-order chi connectivity index (χ0) is 21.1. The molecular weight excluding hydrogens is 423 g/mol. The van der Waals surface area contributed by atoms with Crippen LogP contribution in [-0.4, -0.2) is 20.7 Å². The summed E-state index contributed by atoms with van der Waals surface area (Å²) >= 11 is 12.1. The fraction of sp³-hybridized carbons (Fsp3) is 0.0909. The van der Waals surface area contributed by atoms with Gasteiger partial charge in [-0.25, -0.2) is 4.68 Å². The maximum absolute atomic E-state index is 12.9. The molecule has 0 radical (unpaired) electrons. The number of hydrogen-bond donors (Lipinski definition) is 1. The number of rotatable bonds is 5. The van der Waals surface area contributed by atoms with Gasteiger partial charge in [-0.2, -0.15) is 5.10 Å². The summed E-state index contributed by atoms with van der Waals surface area (Å²) in [6.07, 6.45) is 3.36. The Morgan fingerprint density at radius 1 is 1.03 bits per heavy atom. The molecule has 0 atom stereocenters. The third-order valence-corrected chi connectivity index (χ3v) is 5.15. The van der Waals surface area contributed by atoms with E-state index in [0.29, 0.717) is 26.5 Å². The number of pyridine rings is 1. The van der Waals surface area contributed by atoms with Crippen molar-refractivity contribution >= 4 is 39.9 Å². The number of amides is 1. The fourth-order valence-corrected chi connectivity index (χ4v) is 3.51. The van der Waals surface area contributed by atoms with E-state index < -0.39 is 0 Å². The molecular formula is C22H16Cl2N4O2. The summed E-state index contributed by atoms with van der Waals surface area (Å²) in [6, 6.07) is 15.6. The number of fused-ring (bicyclic) bond motifs is 1. The van der Waals surface area contributed by atoms with Crippen molar-refractivity contribution in [3.63, 3.8) is 0 Å². The first-order valence-corrected chi connectivity index (χ1v) is 9.89. The van der Waals surface area contributed by atoms with Gasteiger partial charge in [0, 0.05) is 22.8 Å². The molecule has 0 saturated heterocycles. The molecule has 0 saturated carbocycles. The van der Waals surface area contributed by atoms with E-state index in [2.05, 4.69) is 15.4 Å². The Hall–Kier alpha value is -3.22. The predicted octanol–water partition coefficient (Wildman–Crippen LogP) is 4.08. The summed E-state index contributed by atoms with van der Waals surface area (Å²) in [7, 11) is 0. The Kier molecular flexibility index (Phi) is 5.79. The second kappa shape index (κ2) is 8.65. The number of carbonyl (C=O) groups excluding carboxylic acids is 1. The maximum atomic E-state index is 12.9. The minimum absolute atomic E-state index is 0.121. The molecule has 0 fully saturated rings. The third-order valence-electron chi connectivity index (χ3n) is 4.59. The van der Waals surface area contributed by atoms with Gasteiger partial charge < -0.3 is 5.32 Å². The Balaban J connectivity index is 1.67. The van der Waals surface area contributed by atoms with Gasteiger partial charge in [-0.1, -0.05) is 47.5 Å². The van der Waals surface area contributed by atoms with Crippen molar-refractivity contribution in [2.45, 2.75) is 13.1 Å². The quantitative estimate of drug-likeness (QED) is 0.509. The number of aromatic nitrogens is 3. The van der Waals surface area contributed by atoms with Crippen molar-refractivity contribution in [2.24, 2.45) is 0 Å². The van der Waals surface area contributed by atoms with Gasteiger partial charge in [-0.3, -0.25) is 14.6 Å². The van der Waals surface area contributed by atoms with E-state index in [1.165, 1.54) is 10.7 Å². The van der Waals surface area contributed by atoms with Gasteiger partial charge >= 0.3 is 0 Å². The lowest BCUT2D eigenvalue weighted by molar-refractivity contribution is 0.0950. The molecule has 6 nitrogen and oxygen atoms in total. The summed E-state index contributed by atoms with van der Waals surface area (Å²) in [5, 5.41) is 9.25. The highest BCUT2D eigenvalue weighted by molar-refractivity contribution is 6.35. The van der Waals surface area contributed by atoms with Crippen LogP contribution in [0.15, 0.2) is 71.8 Å². The summed E-state index contributed by atoms with van der Waals surface area (Å²) < 4.78 is 1.38. The molecule has 150 valence electrons. The van der Waals surface area contributed by atoms with E-state index in [1.807, 2.05) is 18.2 Å². The highest BCUT2D eigenvalue weighted by Gasteiger charge is 2.14. The Labute approximate surface area is 182 Å². The molecule has 2 aromatic carbocycles. The van der Waals surface area contributed by atoms with Crippen molar-refractivity contribution in [3.05, 3.63) is 104 Å². The van der Waals surface area contributed by atoms with Crippen LogP contribution < -0.4 is 10.9 Å². The van der Waals surface area contributed by atoms with E-state index >= 15 is 0 Å². The molecule has 0 aliphatic carbocycles. The molecule has 1 N–H and O–H groups in total. The predicted molar refractivity (Wildman–Crippen MR) is 117 cm³/mol. The van der Waals surface area contributed by atoms with E-state index in [-0.39, 0.29) is 30.1 Å². The lowest BCUT2D eigenvalue weighted by atomic mass is 10.1. The molecule has 1 amide bonds. The molecule has 30 heavy (non-hydrogen) atoms. The number of carbonyl (C=O) groups is 1. The molecule has 8 heteroatoms. The van der Waals surface area contributed by atoms with Crippen molar-refractivity contribution in [1.29, 1.82) is 0 Å². The minimum atomic E-state index is -0.376. The highest BCUT2D eigenvalue weighted by Crippen LogP contribution is 2.21. The van der Waals surface area contributed by atoms with E-state index in [0.717, 1.165) is 5.56 Å². The fourth-order valence-electron chi connectivity index (χ4n) is 3.14. The van der Waals surface area contributed by atoms with Gasteiger partial charge in [-0.05, 0) is 35.9 Å². The first-order chi connectivity index (χ1) is 14.5. The molecule has 0 aliphatic heterocycles. The molecule has 0 unspecified atom stereocenters. The normalized spacial score (nSPS) is 10.9. The topological polar surface area (TPSA) is 76.9 Å². The van der Waals surface area contributed by atoms with Crippen molar-refractivity contribution in [3.8, 4) is 0 Å². The standard InChI is InChI=1S/C22H16Cl2N4O2/c23-15-7-8-19(24)18(10-15)21(29)26-12-20-16-5-1-2-6-17(16)22(30)28(27-20)13-14-4-3-9-25-11-14/h1-11H,12-13H2,(H,26,29). The van der Waals surface area contributed by atoms with Crippen LogP contribution in [0, 0.1) is 0 Å². The average molecular weight is 439 g/mol. The van der Waals surface area contributed by atoms with Gasteiger partial charge in [0.15, 0.2) is 0 Å². The molecule has 0 spiro atoms. The number of hydrogen-bond acceptors (Lipinski definition) is 4. The van der Waals surface area contributed by atoms with Crippen molar-refractivity contribution in [2.75, 3.05) is 0 Å². The number of nitrogens with one attached hydrogen (secondary N) is 1. The molecule has 4 aromatic rings. The molecule has 4 rings (SSSR count). The molecule has 2 aromatic heterocycles. The second-order valence-electron chi connectivity index (χ2n) is 6.62. The monoisotopic (exact) mass is 438 g/mol. The van der Waals surface area contributed by atoms with Gasteiger partial charge in [0.1, 0.15) is 0 Å². The molecule has 0 bridgehead atoms. The van der Waals surface area contributed by atoms with E-state index in [1.54, 1.807) is 42.7 Å². The Bertz CT molecular complexity index is 1290. The van der Waals surface area contributed by atoms with Crippen LogP contribution in [0.1, 0.15) is 21.6 Å². The summed E-state index contributed by atoms with van der Waals surface area (Å²) in [6.45, 7) is 0.397. The Morgan fingerprint density at radius 2 is 1.83 bits per heavy atom. The van der Waals surface area contributed by atoms with Crippen LogP contribution >= 0.6 is 23.2 Å². The highest BCUT2D eigenvalue weighted by atomic mass is 35.5. The maximum Gasteiger partial charge on any atom is 0.274 e. The van der Waals surface area contributed by atoms with Crippen LogP contribution in [-0.2, 0) is 13.1 Å². The van der Waals surface area contributed by atoms with E-state index in [4.69, 9.17) is 23.2 Å². The van der Waals surface area contributed by atoms with Crippen LogP contribution in [0.3, 0.4) is 0 Å². The van der Waals surface area contributed by atoms with Gasteiger partial charge in [0.25, 0.3) is 11.5 Å². The van der Waals surface area contributed by atoms with Crippen LogP contribution in [0.25, 0.3) is 10.8 Å². The minimum Gasteiger partial charge on any atom is -0.346 e. The van der Waals surface area contributed by atoms with Crippen LogP contribution in [0.4, 0.5) is 0 Å². The molecule has 0 aliphatic rings. The van der Waals surface area contributed by atoms with Crippen molar-refractivity contribution in [1.82, 2.24) is 20.1 Å². The lowest BCUT2D eigenvalue weighted by Gasteiger charge is -2.12.